The van der Waals surface area contributed by atoms with Crippen LogP contribution in [0.25, 0.3) is 0 Å². The molecule has 2 aromatic rings. The zero-order valence-corrected chi connectivity index (χ0v) is 12.5. The van der Waals surface area contributed by atoms with Gasteiger partial charge in [0.05, 0.1) is 10.7 Å². The van der Waals surface area contributed by atoms with Gasteiger partial charge in [0.1, 0.15) is 0 Å². The molecule has 106 valence electrons. The molecular weight excluding hydrogens is 266 g/mol. The van der Waals surface area contributed by atoms with Crippen molar-refractivity contribution in [3.05, 3.63) is 51.5 Å². The number of aromatic nitrogens is 1. The smallest absolute Gasteiger partial charge is 0.0941 e. The molecule has 3 nitrogen and oxygen atoms in total. The van der Waals surface area contributed by atoms with Crippen molar-refractivity contribution in [3.8, 4) is 0 Å². The molecule has 1 aromatic carbocycles. The van der Waals surface area contributed by atoms with Gasteiger partial charge in [0.15, 0.2) is 0 Å². The number of hydrogen-bond donors (Lipinski definition) is 1. The highest BCUT2D eigenvalue weighted by Crippen LogP contribution is 2.20. The molecule has 0 unspecified atom stereocenters. The van der Waals surface area contributed by atoms with Crippen molar-refractivity contribution in [1.29, 1.82) is 0 Å². The van der Waals surface area contributed by atoms with Gasteiger partial charge in [-0.25, -0.2) is 4.98 Å². The first-order chi connectivity index (χ1) is 9.85. The maximum absolute atomic E-state index is 5.58. The van der Waals surface area contributed by atoms with E-state index in [2.05, 4.69) is 39.5 Å². The molecule has 0 radical (unpaired) electrons. The van der Waals surface area contributed by atoms with Crippen molar-refractivity contribution >= 4 is 11.3 Å². The van der Waals surface area contributed by atoms with Crippen LogP contribution in [-0.2, 0) is 25.9 Å². The average Bonchev–Trinajstić information content (AvgIpc) is 2.78. The van der Waals surface area contributed by atoms with Crippen LogP contribution in [0.1, 0.15) is 28.2 Å². The normalized spacial score (nSPS) is 15.8. The monoisotopic (exact) mass is 287 g/mol. The molecule has 0 saturated heterocycles. The summed E-state index contributed by atoms with van der Waals surface area (Å²) in [4.78, 5) is 7.18. The van der Waals surface area contributed by atoms with Crippen LogP contribution in [0.3, 0.4) is 0 Å². The Bertz CT molecular complexity index is 564. The zero-order valence-electron chi connectivity index (χ0n) is 11.7. The molecule has 2 heterocycles. The summed E-state index contributed by atoms with van der Waals surface area (Å²) in [5, 5.41) is 3.35. The third-order valence-electron chi connectivity index (χ3n) is 3.78. The van der Waals surface area contributed by atoms with Crippen molar-refractivity contribution in [3.63, 3.8) is 0 Å². The van der Waals surface area contributed by atoms with E-state index < -0.39 is 0 Å². The van der Waals surface area contributed by atoms with Gasteiger partial charge in [0.25, 0.3) is 0 Å². The molecule has 1 aliphatic heterocycles. The summed E-state index contributed by atoms with van der Waals surface area (Å²) in [7, 11) is 0. The van der Waals surface area contributed by atoms with E-state index in [9.17, 15) is 0 Å². The van der Waals surface area contributed by atoms with Gasteiger partial charge in [-0.3, -0.25) is 4.90 Å². The predicted molar refractivity (Wildman–Crippen MR) is 83.7 cm³/mol. The molecule has 0 bridgehead atoms. The van der Waals surface area contributed by atoms with E-state index >= 15 is 0 Å². The van der Waals surface area contributed by atoms with Gasteiger partial charge in [-0.15, -0.1) is 11.3 Å². The Morgan fingerprint density at radius 2 is 2.10 bits per heavy atom. The summed E-state index contributed by atoms with van der Waals surface area (Å²) >= 11 is 1.74. The quantitative estimate of drug-likeness (QED) is 0.940. The maximum Gasteiger partial charge on any atom is 0.0941 e. The number of hydrogen-bond acceptors (Lipinski definition) is 4. The second-order valence-corrected chi connectivity index (χ2v) is 6.30. The van der Waals surface area contributed by atoms with E-state index in [1.165, 1.54) is 29.7 Å². The molecule has 0 fully saturated rings. The molecule has 0 spiro atoms. The van der Waals surface area contributed by atoms with E-state index in [0.29, 0.717) is 6.54 Å². The minimum atomic E-state index is 0.685. The number of nitrogens with zero attached hydrogens (tertiary/aromatic N) is 2. The van der Waals surface area contributed by atoms with Gasteiger partial charge in [0, 0.05) is 24.9 Å². The third-order valence-corrected chi connectivity index (χ3v) is 4.73. The van der Waals surface area contributed by atoms with Crippen LogP contribution in [0, 0.1) is 0 Å². The number of aryl methyl sites for hydroxylation is 1. The summed E-state index contributed by atoms with van der Waals surface area (Å²) in [6, 6.07) is 8.81. The van der Waals surface area contributed by atoms with Crippen LogP contribution in [-0.4, -0.2) is 23.0 Å². The number of thiazole rings is 1. The Balaban J connectivity index is 1.68. The average molecular weight is 287 g/mol. The molecule has 1 aliphatic rings. The van der Waals surface area contributed by atoms with Crippen molar-refractivity contribution in [2.75, 3.05) is 13.1 Å². The lowest BCUT2D eigenvalue weighted by atomic mass is 10.0. The van der Waals surface area contributed by atoms with Crippen LogP contribution in [0.4, 0.5) is 0 Å². The lowest BCUT2D eigenvalue weighted by molar-refractivity contribution is 0.258. The lowest BCUT2D eigenvalue weighted by Crippen LogP contribution is -2.23. The molecule has 2 N–H and O–H groups in total. The first kappa shape index (κ1) is 13.7. The maximum atomic E-state index is 5.58. The largest absolute Gasteiger partial charge is 0.330 e. The van der Waals surface area contributed by atoms with Gasteiger partial charge in [-0.2, -0.15) is 0 Å². The number of benzene rings is 1. The number of fused-ring (bicyclic) bond motifs is 1. The molecule has 20 heavy (non-hydrogen) atoms. The number of nitrogens with two attached hydrogens (primary N) is 1. The van der Waals surface area contributed by atoms with Gasteiger partial charge in [-0.1, -0.05) is 24.3 Å². The topological polar surface area (TPSA) is 42.1 Å². The van der Waals surface area contributed by atoms with Crippen LogP contribution in [0.5, 0.6) is 0 Å². The fourth-order valence-corrected chi connectivity index (χ4v) is 3.60. The molecule has 0 atom stereocenters. The summed E-state index contributed by atoms with van der Waals surface area (Å²) in [6.45, 7) is 3.83. The first-order valence-corrected chi connectivity index (χ1v) is 8.15. The van der Waals surface area contributed by atoms with Gasteiger partial charge in [-0.05, 0) is 37.1 Å². The summed E-state index contributed by atoms with van der Waals surface area (Å²) < 4.78 is 0. The van der Waals surface area contributed by atoms with Gasteiger partial charge < -0.3 is 5.73 Å². The van der Waals surface area contributed by atoms with Crippen LogP contribution in [0.2, 0.25) is 0 Å². The van der Waals surface area contributed by atoms with E-state index in [4.69, 9.17) is 5.73 Å². The molecule has 0 aliphatic carbocycles. The molecule has 3 rings (SSSR count). The number of rotatable bonds is 4. The van der Waals surface area contributed by atoms with Crippen molar-refractivity contribution in [1.82, 2.24) is 9.88 Å². The second kappa shape index (κ2) is 6.48. The molecule has 0 amide bonds. The predicted octanol–water partition coefficient (Wildman–Crippen LogP) is 2.59. The van der Waals surface area contributed by atoms with Crippen molar-refractivity contribution in [2.45, 2.75) is 32.4 Å². The highest BCUT2D eigenvalue weighted by Gasteiger charge is 2.15. The van der Waals surface area contributed by atoms with E-state index in [0.717, 1.165) is 31.1 Å². The first-order valence-electron chi connectivity index (χ1n) is 7.27. The second-order valence-electron chi connectivity index (χ2n) is 5.35. The van der Waals surface area contributed by atoms with Gasteiger partial charge in [0.2, 0.25) is 0 Å². The molecule has 1 aromatic heterocycles. The van der Waals surface area contributed by atoms with E-state index in [-0.39, 0.29) is 0 Å². The Morgan fingerprint density at radius 3 is 2.95 bits per heavy atom. The van der Waals surface area contributed by atoms with Crippen LogP contribution >= 0.6 is 11.3 Å². The van der Waals surface area contributed by atoms with Crippen molar-refractivity contribution in [2.24, 2.45) is 5.73 Å². The van der Waals surface area contributed by atoms with Crippen LogP contribution in [0.15, 0.2) is 29.6 Å². The fourth-order valence-electron chi connectivity index (χ4n) is 2.79. The molecule has 4 heteroatoms. The van der Waals surface area contributed by atoms with E-state index in [1.807, 2.05) is 0 Å². The summed E-state index contributed by atoms with van der Waals surface area (Å²) in [6.07, 6.45) is 3.33. The third kappa shape index (κ3) is 3.26. The highest BCUT2D eigenvalue weighted by molar-refractivity contribution is 7.09. The van der Waals surface area contributed by atoms with Gasteiger partial charge >= 0.3 is 0 Å². The Kier molecular flexibility index (Phi) is 4.45. The Hall–Kier alpha value is -1.23. The SMILES string of the molecule is NCCc1nc(CN2CCCc3ccccc3C2)cs1. The molecule has 0 saturated carbocycles. The van der Waals surface area contributed by atoms with Crippen molar-refractivity contribution < 1.29 is 0 Å². The summed E-state index contributed by atoms with van der Waals surface area (Å²) in [5.74, 6) is 0. The zero-order chi connectivity index (χ0) is 13.8. The summed E-state index contributed by atoms with van der Waals surface area (Å²) in [5.41, 5.74) is 9.76. The fraction of sp³-hybridized carbons (Fsp3) is 0.438. The lowest BCUT2D eigenvalue weighted by Gasteiger charge is -2.19. The highest BCUT2D eigenvalue weighted by atomic mass is 32.1. The van der Waals surface area contributed by atoms with E-state index in [1.54, 1.807) is 11.3 Å². The minimum absolute atomic E-state index is 0.685. The van der Waals surface area contributed by atoms with Crippen LogP contribution < -0.4 is 5.73 Å². The Morgan fingerprint density at radius 1 is 1.25 bits per heavy atom. The standard InChI is InChI=1S/C16H21N3S/c17-8-7-16-18-15(12-20-16)11-19-9-3-6-13-4-1-2-5-14(13)10-19/h1-2,4-5,12H,3,6-11,17H2. The minimum Gasteiger partial charge on any atom is -0.330 e. The molecular formula is C16H21N3S. The Labute approximate surface area is 124 Å².